The molecule has 0 bridgehead atoms. The number of fused-ring (bicyclic) bond motifs is 1. The van der Waals surface area contributed by atoms with E-state index in [1.807, 2.05) is 6.07 Å². The van der Waals surface area contributed by atoms with E-state index in [1.54, 1.807) is 0 Å². The molecule has 0 unspecified atom stereocenters. The first-order chi connectivity index (χ1) is 11.8. The molecular weight excluding hydrogens is 304 g/mol. The molecule has 5 heteroatoms. The van der Waals surface area contributed by atoms with Gasteiger partial charge < -0.3 is 20.1 Å². The van der Waals surface area contributed by atoms with Crippen molar-refractivity contribution >= 4 is 6.03 Å². The van der Waals surface area contributed by atoms with Gasteiger partial charge in [-0.2, -0.15) is 0 Å². The highest BCUT2D eigenvalue weighted by atomic mass is 16.6. The number of benzene rings is 1. The van der Waals surface area contributed by atoms with Gasteiger partial charge in [0.05, 0.1) is 0 Å². The maximum absolute atomic E-state index is 11.9. The second-order valence-corrected chi connectivity index (χ2v) is 6.67. The van der Waals surface area contributed by atoms with Gasteiger partial charge in [-0.25, -0.2) is 4.79 Å². The molecule has 132 valence electrons. The Morgan fingerprint density at radius 1 is 1.04 bits per heavy atom. The summed E-state index contributed by atoms with van der Waals surface area (Å²) in [5.74, 6) is 1.69. The first kappa shape index (κ1) is 16.9. The molecule has 3 rings (SSSR count). The van der Waals surface area contributed by atoms with Crippen LogP contribution in [0, 0.1) is 0 Å². The minimum absolute atomic E-state index is 0.0128. The number of rotatable bonds is 6. The molecular formula is C19H28N2O3. The Labute approximate surface area is 144 Å². The normalized spacial score (nSPS) is 17.3. The Bertz CT molecular complexity index is 541. The minimum Gasteiger partial charge on any atom is -0.486 e. The van der Waals surface area contributed by atoms with Crippen LogP contribution in [0.5, 0.6) is 11.5 Å². The van der Waals surface area contributed by atoms with E-state index >= 15 is 0 Å². The van der Waals surface area contributed by atoms with Crippen LogP contribution in [-0.4, -0.2) is 31.8 Å². The molecule has 2 N–H and O–H groups in total. The number of urea groups is 1. The van der Waals surface area contributed by atoms with E-state index < -0.39 is 0 Å². The predicted octanol–water partition coefficient (Wildman–Crippen LogP) is 3.41. The molecule has 0 spiro atoms. The Kier molecular flexibility index (Phi) is 6.21. The zero-order chi connectivity index (χ0) is 16.6. The van der Waals surface area contributed by atoms with Crippen LogP contribution in [0.3, 0.4) is 0 Å². The summed E-state index contributed by atoms with van der Waals surface area (Å²) >= 11 is 0. The molecule has 0 radical (unpaired) electrons. The van der Waals surface area contributed by atoms with Gasteiger partial charge in [0, 0.05) is 12.6 Å². The first-order valence-corrected chi connectivity index (χ1v) is 9.24. The smallest absolute Gasteiger partial charge is 0.315 e. The van der Waals surface area contributed by atoms with Gasteiger partial charge in [-0.3, -0.25) is 0 Å². The lowest BCUT2D eigenvalue weighted by Gasteiger charge is -2.22. The molecule has 1 fully saturated rings. The quantitative estimate of drug-likeness (QED) is 0.785. The molecule has 1 saturated carbocycles. The van der Waals surface area contributed by atoms with Crippen molar-refractivity contribution in [3.8, 4) is 11.5 Å². The van der Waals surface area contributed by atoms with E-state index in [0.717, 1.165) is 50.1 Å². The maximum atomic E-state index is 11.9. The van der Waals surface area contributed by atoms with Crippen LogP contribution in [0.2, 0.25) is 0 Å². The third-order valence-electron chi connectivity index (χ3n) is 4.72. The molecule has 0 saturated heterocycles. The molecule has 2 aliphatic rings. The summed E-state index contributed by atoms with van der Waals surface area (Å²) in [6.45, 7) is 1.97. The van der Waals surface area contributed by atoms with E-state index in [0.29, 0.717) is 19.3 Å². The fourth-order valence-electron chi connectivity index (χ4n) is 3.38. The zero-order valence-electron chi connectivity index (χ0n) is 14.3. The third-order valence-corrected chi connectivity index (χ3v) is 4.72. The standard InChI is InChI=1S/C19H28N2O3/c22-19(21-16-7-2-1-3-8-16)20-11-5-4-6-15-9-10-17-18(14-15)24-13-12-23-17/h9-10,14,16H,1-8,11-13H2,(H2,20,21,22). The summed E-state index contributed by atoms with van der Waals surface area (Å²) in [4.78, 5) is 11.9. The molecule has 1 aromatic rings. The van der Waals surface area contributed by atoms with Gasteiger partial charge in [0.1, 0.15) is 13.2 Å². The Balaban J connectivity index is 1.30. The van der Waals surface area contributed by atoms with Gasteiger partial charge in [0.2, 0.25) is 0 Å². The van der Waals surface area contributed by atoms with Crippen LogP contribution >= 0.6 is 0 Å². The average molecular weight is 332 g/mol. The highest BCUT2D eigenvalue weighted by Crippen LogP contribution is 2.31. The fraction of sp³-hybridized carbons (Fsp3) is 0.632. The minimum atomic E-state index is -0.0128. The SMILES string of the molecule is O=C(NCCCCc1ccc2c(c1)OCCO2)NC1CCCCC1. The molecule has 24 heavy (non-hydrogen) atoms. The number of unbranched alkanes of at least 4 members (excludes halogenated alkanes) is 1. The van der Waals surface area contributed by atoms with Gasteiger partial charge in [-0.05, 0) is 49.8 Å². The summed E-state index contributed by atoms with van der Waals surface area (Å²) in [6, 6.07) is 6.51. The van der Waals surface area contributed by atoms with Crippen molar-refractivity contribution in [1.29, 1.82) is 0 Å². The van der Waals surface area contributed by atoms with Crippen molar-refractivity contribution < 1.29 is 14.3 Å². The average Bonchev–Trinajstić information content (AvgIpc) is 2.62. The number of hydrogen-bond donors (Lipinski definition) is 2. The van der Waals surface area contributed by atoms with Crippen molar-refractivity contribution in [2.24, 2.45) is 0 Å². The first-order valence-electron chi connectivity index (χ1n) is 9.24. The summed E-state index contributed by atoms with van der Waals surface area (Å²) in [5, 5.41) is 6.05. The lowest BCUT2D eigenvalue weighted by atomic mass is 9.96. The Hall–Kier alpha value is -1.91. The topological polar surface area (TPSA) is 59.6 Å². The van der Waals surface area contributed by atoms with Gasteiger partial charge in [0.25, 0.3) is 0 Å². The van der Waals surface area contributed by atoms with E-state index in [1.165, 1.54) is 24.8 Å². The highest BCUT2D eigenvalue weighted by molar-refractivity contribution is 5.74. The van der Waals surface area contributed by atoms with E-state index in [9.17, 15) is 4.79 Å². The van der Waals surface area contributed by atoms with Crippen LogP contribution in [0.1, 0.15) is 50.5 Å². The highest BCUT2D eigenvalue weighted by Gasteiger charge is 2.15. The van der Waals surface area contributed by atoms with Crippen molar-refractivity contribution in [2.75, 3.05) is 19.8 Å². The fourth-order valence-corrected chi connectivity index (χ4v) is 3.38. The summed E-state index contributed by atoms with van der Waals surface area (Å²) < 4.78 is 11.1. The predicted molar refractivity (Wildman–Crippen MR) is 93.8 cm³/mol. The lowest BCUT2D eigenvalue weighted by molar-refractivity contribution is 0.171. The Morgan fingerprint density at radius 2 is 1.83 bits per heavy atom. The van der Waals surface area contributed by atoms with Gasteiger partial charge in [-0.15, -0.1) is 0 Å². The number of carbonyl (C=O) groups is 1. The Morgan fingerprint density at radius 3 is 2.67 bits per heavy atom. The number of hydrogen-bond acceptors (Lipinski definition) is 3. The van der Waals surface area contributed by atoms with Gasteiger partial charge in [-0.1, -0.05) is 25.3 Å². The van der Waals surface area contributed by atoms with Crippen molar-refractivity contribution in [3.63, 3.8) is 0 Å². The van der Waals surface area contributed by atoms with Crippen LogP contribution in [0.4, 0.5) is 4.79 Å². The van der Waals surface area contributed by atoms with Gasteiger partial charge in [0.15, 0.2) is 11.5 Å². The van der Waals surface area contributed by atoms with Gasteiger partial charge >= 0.3 is 6.03 Å². The van der Waals surface area contributed by atoms with E-state index in [4.69, 9.17) is 9.47 Å². The molecule has 1 aliphatic carbocycles. The van der Waals surface area contributed by atoms with Crippen LogP contribution in [0.25, 0.3) is 0 Å². The third kappa shape index (κ3) is 5.05. The van der Waals surface area contributed by atoms with Crippen LogP contribution in [-0.2, 0) is 6.42 Å². The van der Waals surface area contributed by atoms with E-state index in [2.05, 4.69) is 22.8 Å². The van der Waals surface area contributed by atoms with E-state index in [-0.39, 0.29) is 6.03 Å². The summed E-state index contributed by atoms with van der Waals surface area (Å²) in [5.41, 5.74) is 1.26. The van der Waals surface area contributed by atoms with Crippen molar-refractivity contribution in [2.45, 2.75) is 57.4 Å². The number of nitrogens with one attached hydrogen (secondary N) is 2. The molecule has 1 aromatic carbocycles. The number of ether oxygens (including phenoxy) is 2. The molecule has 1 heterocycles. The molecule has 0 atom stereocenters. The zero-order valence-corrected chi connectivity index (χ0v) is 14.3. The van der Waals surface area contributed by atoms with Crippen molar-refractivity contribution in [1.82, 2.24) is 10.6 Å². The second-order valence-electron chi connectivity index (χ2n) is 6.67. The monoisotopic (exact) mass is 332 g/mol. The molecule has 1 aliphatic heterocycles. The van der Waals surface area contributed by atoms with Crippen LogP contribution < -0.4 is 20.1 Å². The summed E-state index contributed by atoms with van der Waals surface area (Å²) in [7, 11) is 0. The second kappa shape index (κ2) is 8.81. The van der Waals surface area contributed by atoms with Crippen molar-refractivity contribution in [3.05, 3.63) is 23.8 Å². The number of aryl methyl sites for hydroxylation is 1. The maximum Gasteiger partial charge on any atom is 0.315 e. The lowest BCUT2D eigenvalue weighted by Crippen LogP contribution is -2.43. The molecule has 2 amide bonds. The van der Waals surface area contributed by atoms with Crippen LogP contribution in [0.15, 0.2) is 18.2 Å². The number of amides is 2. The molecule has 0 aromatic heterocycles. The molecule has 5 nitrogen and oxygen atoms in total. The number of carbonyl (C=O) groups excluding carboxylic acids is 1. The summed E-state index contributed by atoms with van der Waals surface area (Å²) in [6.07, 6.45) is 9.04. The largest absolute Gasteiger partial charge is 0.486 e.